The summed E-state index contributed by atoms with van der Waals surface area (Å²) in [4.78, 5) is 25.9. The van der Waals surface area contributed by atoms with E-state index < -0.39 is 0 Å². The van der Waals surface area contributed by atoms with Gasteiger partial charge in [0.05, 0.1) is 12.2 Å². The van der Waals surface area contributed by atoms with E-state index in [0.29, 0.717) is 25.0 Å². The lowest BCUT2D eigenvalue weighted by atomic mass is 10.0. The van der Waals surface area contributed by atoms with Gasteiger partial charge >= 0.3 is 5.97 Å². The number of ether oxygens (including phenoxy) is 1. The number of rotatable bonds is 5. The number of carbonyl (C=O) groups excluding carboxylic acids is 2. The van der Waals surface area contributed by atoms with Gasteiger partial charge in [-0.2, -0.15) is 0 Å². The maximum absolute atomic E-state index is 12.6. The quantitative estimate of drug-likeness (QED) is 0.847. The van der Waals surface area contributed by atoms with Crippen molar-refractivity contribution in [2.75, 3.05) is 11.9 Å². The molecule has 0 saturated carbocycles. The van der Waals surface area contributed by atoms with Crippen LogP contribution in [0, 0.1) is 0 Å². The maximum Gasteiger partial charge on any atom is 0.305 e. The number of benzene rings is 1. The van der Waals surface area contributed by atoms with Gasteiger partial charge in [0.2, 0.25) is 0 Å². The molecule has 1 aromatic carbocycles. The summed E-state index contributed by atoms with van der Waals surface area (Å²) < 4.78 is 4.95. The largest absolute Gasteiger partial charge is 0.466 e. The zero-order valence-electron chi connectivity index (χ0n) is 12.8. The maximum atomic E-state index is 12.6. The van der Waals surface area contributed by atoms with Crippen LogP contribution < -0.4 is 5.32 Å². The summed E-state index contributed by atoms with van der Waals surface area (Å²) >= 11 is 0. The Morgan fingerprint density at radius 2 is 2.10 bits per heavy atom. The second-order valence-corrected chi connectivity index (χ2v) is 5.36. The van der Waals surface area contributed by atoms with Crippen LogP contribution in [0.15, 0.2) is 24.3 Å². The number of fused-ring (bicyclic) bond motifs is 1. The zero-order chi connectivity index (χ0) is 15.4. The fourth-order valence-corrected chi connectivity index (χ4v) is 2.62. The van der Waals surface area contributed by atoms with Crippen molar-refractivity contribution < 1.29 is 14.3 Å². The van der Waals surface area contributed by atoms with Crippen molar-refractivity contribution in [3.8, 4) is 0 Å². The highest BCUT2D eigenvalue weighted by Gasteiger charge is 2.33. The number of para-hydroxylation sites is 1. The van der Waals surface area contributed by atoms with Gasteiger partial charge in [-0.3, -0.25) is 9.59 Å². The molecule has 0 radical (unpaired) electrons. The molecule has 1 atom stereocenters. The van der Waals surface area contributed by atoms with Crippen LogP contribution in [-0.4, -0.2) is 35.6 Å². The number of nitrogens with one attached hydrogen (secondary N) is 1. The van der Waals surface area contributed by atoms with Gasteiger partial charge in [0.1, 0.15) is 6.17 Å². The Morgan fingerprint density at radius 3 is 2.76 bits per heavy atom. The molecule has 0 saturated heterocycles. The van der Waals surface area contributed by atoms with Crippen LogP contribution in [0.2, 0.25) is 0 Å². The van der Waals surface area contributed by atoms with Gasteiger partial charge in [-0.05, 0) is 39.3 Å². The van der Waals surface area contributed by atoms with Crippen molar-refractivity contribution >= 4 is 17.6 Å². The van der Waals surface area contributed by atoms with Crippen LogP contribution in [0.4, 0.5) is 5.69 Å². The second-order valence-electron chi connectivity index (χ2n) is 5.36. The van der Waals surface area contributed by atoms with Gasteiger partial charge in [0, 0.05) is 18.2 Å². The van der Waals surface area contributed by atoms with Crippen molar-refractivity contribution in [1.82, 2.24) is 4.90 Å². The molecule has 0 fully saturated rings. The van der Waals surface area contributed by atoms with Crippen molar-refractivity contribution in [3.05, 3.63) is 29.8 Å². The second kappa shape index (κ2) is 6.61. The molecule has 1 heterocycles. The average Bonchev–Trinajstić information content (AvgIpc) is 2.45. The van der Waals surface area contributed by atoms with Crippen molar-refractivity contribution in [1.29, 1.82) is 0 Å². The molecule has 5 heteroatoms. The summed E-state index contributed by atoms with van der Waals surface area (Å²) in [7, 11) is 0. The van der Waals surface area contributed by atoms with E-state index in [2.05, 4.69) is 5.32 Å². The number of hydrogen-bond donors (Lipinski definition) is 1. The monoisotopic (exact) mass is 290 g/mol. The predicted molar refractivity (Wildman–Crippen MR) is 81.0 cm³/mol. The first-order valence-corrected chi connectivity index (χ1v) is 7.38. The number of esters is 1. The third kappa shape index (κ3) is 3.35. The van der Waals surface area contributed by atoms with E-state index in [1.54, 1.807) is 11.8 Å². The molecule has 0 aromatic heterocycles. The van der Waals surface area contributed by atoms with Crippen LogP contribution >= 0.6 is 0 Å². The smallest absolute Gasteiger partial charge is 0.305 e. The van der Waals surface area contributed by atoms with Gasteiger partial charge in [0.25, 0.3) is 5.91 Å². The minimum Gasteiger partial charge on any atom is -0.466 e. The number of amides is 1. The van der Waals surface area contributed by atoms with E-state index in [1.807, 2.05) is 38.1 Å². The Kier molecular flexibility index (Phi) is 4.83. The Labute approximate surface area is 125 Å². The molecular weight excluding hydrogens is 268 g/mol. The molecule has 0 bridgehead atoms. The molecule has 1 aliphatic heterocycles. The van der Waals surface area contributed by atoms with Gasteiger partial charge in [-0.15, -0.1) is 0 Å². The molecule has 1 unspecified atom stereocenters. The number of anilines is 1. The Balaban J connectivity index is 2.16. The standard InChI is InChI=1S/C16H22N2O3/c1-4-21-15(19)10-9-14-17-13-8-6-5-7-12(13)16(20)18(14)11(2)3/h5-8,11,14,17H,4,9-10H2,1-3H3. The molecule has 1 amide bonds. The lowest BCUT2D eigenvalue weighted by Crippen LogP contribution is -2.52. The fourth-order valence-electron chi connectivity index (χ4n) is 2.62. The minimum absolute atomic E-state index is 0.00760. The number of hydrogen-bond acceptors (Lipinski definition) is 4. The fraction of sp³-hybridized carbons (Fsp3) is 0.500. The summed E-state index contributed by atoms with van der Waals surface area (Å²) in [5, 5.41) is 3.35. The average molecular weight is 290 g/mol. The van der Waals surface area contributed by atoms with Crippen molar-refractivity contribution in [2.24, 2.45) is 0 Å². The lowest BCUT2D eigenvalue weighted by molar-refractivity contribution is -0.143. The number of nitrogens with zero attached hydrogens (tertiary/aromatic N) is 1. The Hall–Kier alpha value is -2.04. The van der Waals surface area contributed by atoms with E-state index in [1.165, 1.54) is 0 Å². The highest BCUT2D eigenvalue weighted by Crippen LogP contribution is 2.28. The van der Waals surface area contributed by atoms with E-state index in [9.17, 15) is 9.59 Å². The van der Waals surface area contributed by atoms with Gasteiger partial charge in [0.15, 0.2) is 0 Å². The zero-order valence-corrected chi connectivity index (χ0v) is 12.8. The molecule has 21 heavy (non-hydrogen) atoms. The molecular formula is C16H22N2O3. The molecule has 5 nitrogen and oxygen atoms in total. The van der Waals surface area contributed by atoms with E-state index in [0.717, 1.165) is 5.69 Å². The van der Waals surface area contributed by atoms with Crippen molar-refractivity contribution in [2.45, 2.75) is 45.8 Å². The van der Waals surface area contributed by atoms with Gasteiger partial charge in [-0.25, -0.2) is 0 Å². The highest BCUT2D eigenvalue weighted by atomic mass is 16.5. The summed E-state index contributed by atoms with van der Waals surface area (Å²) in [6.07, 6.45) is 0.651. The topological polar surface area (TPSA) is 58.6 Å². The molecule has 0 spiro atoms. The summed E-state index contributed by atoms with van der Waals surface area (Å²) in [6, 6.07) is 7.53. The van der Waals surface area contributed by atoms with E-state index in [4.69, 9.17) is 4.74 Å². The van der Waals surface area contributed by atoms with Crippen LogP contribution in [0.1, 0.15) is 44.0 Å². The van der Waals surface area contributed by atoms with Crippen LogP contribution in [-0.2, 0) is 9.53 Å². The van der Waals surface area contributed by atoms with E-state index in [-0.39, 0.29) is 24.1 Å². The first kappa shape index (κ1) is 15.4. The third-order valence-corrected chi connectivity index (χ3v) is 3.53. The highest BCUT2D eigenvalue weighted by molar-refractivity contribution is 6.01. The summed E-state index contributed by atoms with van der Waals surface area (Å²) in [6.45, 7) is 6.12. The Bertz CT molecular complexity index is 528. The summed E-state index contributed by atoms with van der Waals surface area (Å²) in [5.74, 6) is -0.220. The molecule has 2 rings (SSSR count). The Morgan fingerprint density at radius 1 is 1.38 bits per heavy atom. The lowest BCUT2D eigenvalue weighted by Gasteiger charge is -2.40. The molecule has 1 aliphatic rings. The van der Waals surface area contributed by atoms with Crippen LogP contribution in [0.5, 0.6) is 0 Å². The SMILES string of the molecule is CCOC(=O)CCC1Nc2ccccc2C(=O)N1C(C)C. The third-order valence-electron chi connectivity index (χ3n) is 3.53. The molecule has 1 aromatic rings. The molecule has 0 aliphatic carbocycles. The minimum atomic E-state index is -0.227. The van der Waals surface area contributed by atoms with Crippen molar-refractivity contribution in [3.63, 3.8) is 0 Å². The van der Waals surface area contributed by atoms with Crippen LogP contribution in [0.3, 0.4) is 0 Å². The molecule has 114 valence electrons. The first-order valence-electron chi connectivity index (χ1n) is 7.38. The summed E-state index contributed by atoms with van der Waals surface area (Å²) in [5.41, 5.74) is 1.51. The molecule has 1 N–H and O–H groups in total. The van der Waals surface area contributed by atoms with Gasteiger partial charge in [-0.1, -0.05) is 12.1 Å². The normalized spacial score (nSPS) is 17.4. The van der Waals surface area contributed by atoms with Gasteiger partial charge < -0.3 is 15.0 Å². The predicted octanol–water partition coefficient (Wildman–Crippen LogP) is 2.63. The van der Waals surface area contributed by atoms with E-state index >= 15 is 0 Å². The van der Waals surface area contributed by atoms with Crippen LogP contribution in [0.25, 0.3) is 0 Å². The first-order chi connectivity index (χ1) is 10.0. The number of carbonyl (C=O) groups is 2.